The van der Waals surface area contributed by atoms with Crippen LogP contribution in [0.15, 0.2) is 48.5 Å². The molecule has 5 heteroatoms. The summed E-state index contributed by atoms with van der Waals surface area (Å²) in [5.41, 5.74) is 1.71. The van der Waals surface area contributed by atoms with E-state index in [1.807, 2.05) is 20.8 Å². The second-order valence-electron chi connectivity index (χ2n) is 5.88. The highest BCUT2D eigenvalue weighted by atomic mass is 16.6. The number of nitro benzene ring substituents is 1. The predicted octanol–water partition coefficient (Wildman–Crippen LogP) is 4.22. The molecule has 0 saturated carbocycles. The second kappa shape index (κ2) is 5.97. The first kappa shape index (κ1) is 15.7. The number of esters is 1. The lowest BCUT2D eigenvalue weighted by Gasteiger charge is -2.19. The Morgan fingerprint density at radius 2 is 1.41 bits per heavy atom. The predicted molar refractivity (Wildman–Crippen MR) is 83.7 cm³/mol. The van der Waals surface area contributed by atoms with Gasteiger partial charge < -0.3 is 4.74 Å². The first-order valence-electron chi connectivity index (χ1n) is 6.84. The minimum absolute atomic E-state index is 0.0501. The zero-order valence-electron chi connectivity index (χ0n) is 12.7. The van der Waals surface area contributed by atoms with Crippen LogP contribution in [0.4, 0.5) is 5.69 Å². The maximum absolute atomic E-state index is 11.9. The van der Waals surface area contributed by atoms with E-state index in [-0.39, 0.29) is 11.7 Å². The van der Waals surface area contributed by atoms with Crippen LogP contribution in [0.25, 0.3) is 11.1 Å². The van der Waals surface area contributed by atoms with E-state index in [1.54, 1.807) is 36.4 Å². The normalized spacial score (nSPS) is 11.0. The van der Waals surface area contributed by atoms with Gasteiger partial charge in [0.15, 0.2) is 0 Å². The van der Waals surface area contributed by atoms with Gasteiger partial charge in [0.25, 0.3) is 5.69 Å². The van der Waals surface area contributed by atoms with Gasteiger partial charge in [0, 0.05) is 12.1 Å². The van der Waals surface area contributed by atoms with Gasteiger partial charge >= 0.3 is 5.97 Å². The van der Waals surface area contributed by atoms with E-state index in [0.717, 1.165) is 11.1 Å². The van der Waals surface area contributed by atoms with Crippen LogP contribution in [0.2, 0.25) is 0 Å². The van der Waals surface area contributed by atoms with Crippen LogP contribution >= 0.6 is 0 Å². The maximum Gasteiger partial charge on any atom is 0.338 e. The summed E-state index contributed by atoms with van der Waals surface area (Å²) < 4.78 is 5.30. The third-order valence-corrected chi connectivity index (χ3v) is 2.93. The molecular weight excluding hydrogens is 282 g/mol. The first-order valence-corrected chi connectivity index (χ1v) is 6.84. The van der Waals surface area contributed by atoms with Gasteiger partial charge in [0.05, 0.1) is 10.5 Å². The zero-order chi connectivity index (χ0) is 16.3. The van der Waals surface area contributed by atoms with E-state index >= 15 is 0 Å². The summed E-state index contributed by atoms with van der Waals surface area (Å²) in [6.45, 7) is 5.45. The average Bonchev–Trinajstić information content (AvgIpc) is 2.46. The average molecular weight is 299 g/mol. The van der Waals surface area contributed by atoms with Crippen molar-refractivity contribution in [1.82, 2.24) is 0 Å². The molecule has 0 aliphatic heterocycles. The number of hydrogen-bond acceptors (Lipinski definition) is 4. The van der Waals surface area contributed by atoms with Crippen molar-refractivity contribution in [2.45, 2.75) is 26.4 Å². The molecule has 0 atom stereocenters. The molecule has 22 heavy (non-hydrogen) atoms. The molecular formula is C17H17NO4. The van der Waals surface area contributed by atoms with Crippen molar-refractivity contribution >= 4 is 11.7 Å². The monoisotopic (exact) mass is 299 g/mol. The molecule has 2 aromatic rings. The number of rotatable bonds is 3. The van der Waals surface area contributed by atoms with Crippen molar-refractivity contribution in [3.8, 4) is 11.1 Å². The Balaban J connectivity index is 2.18. The van der Waals surface area contributed by atoms with Crippen molar-refractivity contribution in [3.05, 3.63) is 64.2 Å². The smallest absolute Gasteiger partial charge is 0.338 e. The van der Waals surface area contributed by atoms with Crippen LogP contribution in [0, 0.1) is 10.1 Å². The highest BCUT2D eigenvalue weighted by Crippen LogP contribution is 2.23. The van der Waals surface area contributed by atoms with Crippen LogP contribution in [0.5, 0.6) is 0 Å². The van der Waals surface area contributed by atoms with E-state index in [2.05, 4.69) is 0 Å². The Morgan fingerprint density at radius 1 is 0.955 bits per heavy atom. The van der Waals surface area contributed by atoms with Gasteiger partial charge in [-0.3, -0.25) is 10.1 Å². The Labute approximate surface area is 128 Å². The lowest BCUT2D eigenvalue weighted by molar-refractivity contribution is -0.384. The van der Waals surface area contributed by atoms with Crippen molar-refractivity contribution in [2.24, 2.45) is 0 Å². The fraction of sp³-hybridized carbons (Fsp3) is 0.235. The number of non-ortho nitro benzene ring substituents is 1. The van der Waals surface area contributed by atoms with Crippen molar-refractivity contribution < 1.29 is 14.5 Å². The molecule has 0 aliphatic carbocycles. The number of hydrogen-bond donors (Lipinski definition) is 0. The molecule has 2 rings (SSSR count). The van der Waals surface area contributed by atoms with Gasteiger partial charge in [0.1, 0.15) is 5.60 Å². The topological polar surface area (TPSA) is 69.4 Å². The fourth-order valence-corrected chi connectivity index (χ4v) is 1.91. The van der Waals surface area contributed by atoms with Crippen molar-refractivity contribution in [3.63, 3.8) is 0 Å². The van der Waals surface area contributed by atoms with Crippen molar-refractivity contribution in [1.29, 1.82) is 0 Å². The van der Waals surface area contributed by atoms with Crippen LogP contribution in [0.1, 0.15) is 31.1 Å². The summed E-state index contributed by atoms with van der Waals surface area (Å²) in [6, 6.07) is 13.2. The summed E-state index contributed by atoms with van der Waals surface area (Å²) in [4.78, 5) is 22.1. The molecule has 0 spiro atoms. The third kappa shape index (κ3) is 3.91. The molecule has 0 saturated heterocycles. The summed E-state index contributed by atoms with van der Waals surface area (Å²) in [7, 11) is 0. The van der Waals surface area contributed by atoms with E-state index in [0.29, 0.717) is 5.56 Å². The molecule has 0 radical (unpaired) electrons. The minimum atomic E-state index is -0.534. The number of benzene rings is 2. The van der Waals surface area contributed by atoms with Gasteiger partial charge in [-0.1, -0.05) is 12.1 Å². The van der Waals surface area contributed by atoms with E-state index in [9.17, 15) is 14.9 Å². The molecule has 0 aromatic heterocycles. The highest BCUT2D eigenvalue weighted by molar-refractivity contribution is 5.90. The highest BCUT2D eigenvalue weighted by Gasteiger charge is 2.17. The van der Waals surface area contributed by atoms with Gasteiger partial charge in [-0.2, -0.15) is 0 Å². The SMILES string of the molecule is CC(C)(C)OC(=O)c1ccc(-c2ccc([N+](=O)[O-])cc2)cc1. The number of carbonyl (C=O) groups excluding carboxylic acids is 1. The van der Waals surface area contributed by atoms with Crippen LogP contribution in [0.3, 0.4) is 0 Å². The van der Waals surface area contributed by atoms with Gasteiger partial charge in [-0.05, 0) is 56.2 Å². The summed E-state index contributed by atoms with van der Waals surface area (Å²) in [5, 5.41) is 10.6. The fourth-order valence-electron chi connectivity index (χ4n) is 1.91. The van der Waals surface area contributed by atoms with Crippen LogP contribution in [-0.4, -0.2) is 16.5 Å². The van der Waals surface area contributed by atoms with Crippen LogP contribution < -0.4 is 0 Å². The molecule has 0 unspecified atom stereocenters. The zero-order valence-corrected chi connectivity index (χ0v) is 12.7. The van der Waals surface area contributed by atoms with Crippen LogP contribution in [-0.2, 0) is 4.74 Å². The molecule has 0 fully saturated rings. The summed E-state index contributed by atoms with van der Waals surface area (Å²) >= 11 is 0. The molecule has 0 aliphatic rings. The lowest BCUT2D eigenvalue weighted by Crippen LogP contribution is -2.23. The Bertz CT molecular complexity index is 682. The Morgan fingerprint density at radius 3 is 1.82 bits per heavy atom. The largest absolute Gasteiger partial charge is 0.456 e. The van der Waals surface area contributed by atoms with Crippen molar-refractivity contribution in [2.75, 3.05) is 0 Å². The third-order valence-electron chi connectivity index (χ3n) is 2.93. The Kier molecular flexibility index (Phi) is 4.26. The molecule has 114 valence electrons. The number of nitrogens with zero attached hydrogens (tertiary/aromatic N) is 1. The molecule has 2 aromatic carbocycles. The van der Waals surface area contributed by atoms with E-state index in [1.165, 1.54) is 12.1 Å². The quantitative estimate of drug-likeness (QED) is 0.483. The number of ether oxygens (including phenoxy) is 1. The first-order chi connectivity index (χ1) is 10.3. The Hall–Kier alpha value is -2.69. The molecule has 0 amide bonds. The molecule has 0 heterocycles. The minimum Gasteiger partial charge on any atom is -0.456 e. The molecule has 5 nitrogen and oxygen atoms in total. The van der Waals surface area contributed by atoms with E-state index < -0.39 is 10.5 Å². The summed E-state index contributed by atoms with van der Waals surface area (Å²) in [6.07, 6.45) is 0. The number of carbonyl (C=O) groups is 1. The summed E-state index contributed by atoms with van der Waals surface area (Å²) in [5.74, 6) is -0.372. The standard InChI is InChI=1S/C17H17NO4/c1-17(2,3)22-16(19)14-6-4-12(5-7-14)13-8-10-15(11-9-13)18(20)21/h4-11H,1-3H3. The van der Waals surface area contributed by atoms with E-state index in [4.69, 9.17) is 4.74 Å². The van der Waals surface area contributed by atoms with Gasteiger partial charge in [0.2, 0.25) is 0 Å². The lowest BCUT2D eigenvalue weighted by atomic mass is 10.0. The second-order valence-corrected chi connectivity index (χ2v) is 5.88. The molecule has 0 N–H and O–H groups in total. The maximum atomic E-state index is 11.9. The van der Waals surface area contributed by atoms with Gasteiger partial charge in [-0.15, -0.1) is 0 Å². The number of nitro groups is 1. The molecule has 0 bridgehead atoms. The van der Waals surface area contributed by atoms with Gasteiger partial charge in [-0.25, -0.2) is 4.79 Å².